The molecule has 18 heavy (non-hydrogen) atoms. The van der Waals surface area contributed by atoms with Crippen LogP contribution in [0.4, 0.5) is 0 Å². The highest BCUT2D eigenvalue weighted by Gasteiger charge is 2.01. The van der Waals surface area contributed by atoms with Gasteiger partial charge in [-0.25, -0.2) is 0 Å². The maximum absolute atomic E-state index is 3.43. The van der Waals surface area contributed by atoms with E-state index in [1.54, 1.807) is 0 Å². The van der Waals surface area contributed by atoms with E-state index in [0.29, 0.717) is 0 Å². The topological polar surface area (TPSA) is 31.1 Å². The Morgan fingerprint density at radius 3 is 2.94 bits per heavy atom. The molecule has 3 heteroatoms. The molecular formula is C15H23N3. The monoisotopic (exact) mass is 245 g/mol. The van der Waals surface area contributed by atoms with Gasteiger partial charge in [-0.05, 0) is 43.1 Å². The molecule has 2 aromatic rings. The second kappa shape index (κ2) is 6.57. The molecule has 0 amide bonds. The van der Waals surface area contributed by atoms with Gasteiger partial charge in [0.05, 0.1) is 0 Å². The molecule has 2 rings (SSSR count). The van der Waals surface area contributed by atoms with Crippen LogP contribution < -0.4 is 5.32 Å². The van der Waals surface area contributed by atoms with E-state index in [-0.39, 0.29) is 0 Å². The predicted molar refractivity (Wildman–Crippen MR) is 77.8 cm³/mol. The average Bonchev–Trinajstić information content (AvgIpc) is 2.82. The van der Waals surface area contributed by atoms with Crippen molar-refractivity contribution in [3.05, 3.63) is 36.0 Å². The van der Waals surface area contributed by atoms with Gasteiger partial charge in [-0.1, -0.05) is 19.1 Å². The number of nitrogens with zero attached hydrogens (tertiary/aromatic N) is 1. The first-order valence-corrected chi connectivity index (χ1v) is 6.75. The van der Waals surface area contributed by atoms with Crippen molar-refractivity contribution >= 4 is 10.9 Å². The van der Waals surface area contributed by atoms with E-state index < -0.39 is 0 Å². The first-order valence-electron chi connectivity index (χ1n) is 6.75. The third-order valence-electron chi connectivity index (χ3n) is 3.17. The highest BCUT2D eigenvalue weighted by Crippen LogP contribution is 2.14. The van der Waals surface area contributed by atoms with E-state index >= 15 is 0 Å². The zero-order chi connectivity index (χ0) is 12.8. The second-order valence-electron chi connectivity index (χ2n) is 4.89. The number of benzene rings is 1. The molecular weight excluding hydrogens is 222 g/mol. The summed E-state index contributed by atoms with van der Waals surface area (Å²) in [5, 5.41) is 4.71. The molecule has 0 radical (unpaired) electrons. The van der Waals surface area contributed by atoms with Crippen LogP contribution in [0.1, 0.15) is 18.9 Å². The van der Waals surface area contributed by atoms with Crippen LogP contribution >= 0.6 is 0 Å². The van der Waals surface area contributed by atoms with Crippen molar-refractivity contribution in [3.8, 4) is 0 Å². The average molecular weight is 245 g/mol. The van der Waals surface area contributed by atoms with Gasteiger partial charge in [-0.15, -0.1) is 0 Å². The van der Waals surface area contributed by atoms with Crippen molar-refractivity contribution < 1.29 is 0 Å². The number of nitrogens with one attached hydrogen (secondary N) is 2. The van der Waals surface area contributed by atoms with Gasteiger partial charge < -0.3 is 15.2 Å². The summed E-state index contributed by atoms with van der Waals surface area (Å²) in [6.45, 7) is 6.46. The predicted octanol–water partition coefficient (Wildman–Crippen LogP) is 2.60. The molecule has 0 fully saturated rings. The quantitative estimate of drug-likeness (QED) is 0.735. The lowest BCUT2D eigenvalue weighted by Crippen LogP contribution is -2.29. The highest BCUT2D eigenvalue weighted by atomic mass is 15.1. The second-order valence-corrected chi connectivity index (χ2v) is 4.89. The smallest absolute Gasteiger partial charge is 0.0457 e. The Labute approximate surface area is 109 Å². The van der Waals surface area contributed by atoms with Crippen LogP contribution in [0.5, 0.6) is 0 Å². The molecule has 0 saturated carbocycles. The summed E-state index contributed by atoms with van der Waals surface area (Å²) in [5.41, 5.74) is 2.59. The number of hydrogen-bond donors (Lipinski definition) is 2. The largest absolute Gasteiger partial charge is 0.361 e. The van der Waals surface area contributed by atoms with Crippen LogP contribution in [0.3, 0.4) is 0 Å². The Morgan fingerprint density at radius 1 is 1.22 bits per heavy atom. The fraction of sp³-hybridized carbons (Fsp3) is 0.467. The minimum absolute atomic E-state index is 1.00. The molecule has 2 N–H and O–H groups in total. The number of likely N-dealkylation sites (N-methyl/N-ethyl adjacent to an activating group) is 1. The van der Waals surface area contributed by atoms with E-state index in [1.807, 2.05) is 6.20 Å². The Morgan fingerprint density at radius 2 is 2.11 bits per heavy atom. The van der Waals surface area contributed by atoms with Crippen LogP contribution in [-0.2, 0) is 6.54 Å². The lowest BCUT2D eigenvalue weighted by atomic mass is 10.1. The highest BCUT2D eigenvalue weighted by molar-refractivity contribution is 5.79. The summed E-state index contributed by atoms with van der Waals surface area (Å²) in [5.74, 6) is 0. The van der Waals surface area contributed by atoms with Crippen LogP contribution in [0, 0.1) is 0 Å². The summed E-state index contributed by atoms with van der Waals surface area (Å²) in [6.07, 6.45) is 3.19. The van der Waals surface area contributed by atoms with Crippen molar-refractivity contribution in [2.45, 2.75) is 19.9 Å². The molecule has 3 nitrogen and oxygen atoms in total. The molecule has 0 spiro atoms. The third kappa shape index (κ3) is 3.59. The summed E-state index contributed by atoms with van der Waals surface area (Å²) in [7, 11) is 2.17. The number of aromatic nitrogens is 1. The lowest BCUT2D eigenvalue weighted by Gasteiger charge is -2.17. The number of rotatable bonds is 7. The molecule has 0 atom stereocenters. The summed E-state index contributed by atoms with van der Waals surface area (Å²) in [6, 6.07) is 8.75. The van der Waals surface area contributed by atoms with Gasteiger partial charge in [0, 0.05) is 31.3 Å². The zero-order valence-electron chi connectivity index (χ0n) is 11.4. The minimum atomic E-state index is 1.00. The molecule has 1 aromatic heterocycles. The molecule has 0 bridgehead atoms. The van der Waals surface area contributed by atoms with Gasteiger partial charge in [0.2, 0.25) is 0 Å². The van der Waals surface area contributed by atoms with Crippen molar-refractivity contribution in [3.63, 3.8) is 0 Å². The summed E-state index contributed by atoms with van der Waals surface area (Å²) in [4.78, 5) is 5.62. The summed E-state index contributed by atoms with van der Waals surface area (Å²) < 4.78 is 0. The van der Waals surface area contributed by atoms with Gasteiger partial charge in [0.25, 0.3) is 0 Å². The molecule has 0 aliphatic rings. The van der Waals surface area contributed by atoms with Gasteiger partial charge in [-0.3, -0.25) is 0 Å². The molecule has 1 aromatic carbocycles. The van der Waals surface area contributed by atoms with Gasteiger partial charge >= 0.3 is 0 Å². The van der Waals surface area contributed by atoms with E-state index in [9.17, 15) is 0 Å². The van der Waals surface area contributed by atoms with Crippen LogP contribution in [0.25, 0.3) is 10.9 Å². The fourth-order valence-corrected chi connectivity index (χ4v) is 2.16. The van der Waals surface area contributed by atoms with Gasteiger partial charge in [-0.2, -0.15) is 0 Å². The lowest BCUT2D eigenvalue weighted by molar-refractivity contribution is 0.325. The Hall–Kier alpha value is -1.32. The van der Waals surface area contributed by atoms with Crippen molar-refractivity contribution in [2.24, 2.45) is 0 Å². The molecule has 0 unspecified atom stereocenters. The number of fused-ring (bicyclic) bond motifs is 1. The Kier molecular flexibility index (Phi) is 4.79. The number of H-pyrrole nitrogens is 1. The number of aromatic amines is 1. The van der Waals surface area contributed by atoms with Gasteiger partial charge in [0.15, 0.2) is 0 Å². The van der Waals surface area contributed by atoms with Crippen molar-refractivity contribution in [1.82, 2.24) is 15.2 Å². The molecule has 0 saturated heterocycles. The van der Waals surface area contributed by atoms with E-state index in [4.69, 9.17) is 0 Å². The molecule has 0 aliphatic carbocycles. The van der Waals surface area contributed by atoms with E-state index in [1.165, 1.54) is 22.9 Å². The molecule has 98 valence electrons. The maximum Gasteiger partial charge on any atom is 0.0457 e. The first-order chi connectivity index (χ1) is 8.79. The van der Waals surface area contributed by atoms with E-state index in [2.05, 4.69) is 53.4 Å². The van der Waals surface area contributed by atoms with Crippen LogP contribution in [0.2, 0.25) is 0 Å². The Bertz CT molecular complexity index is 475. The fourth-order valence-electron chi connectivity index (χ4n) is 2.16. The third-order valence-corrected chi connectivity index (χ3v) is 3.17. The Balaban J connectivity index is 1.84. The van der Waals surface area contributed by atoms with Crippen molar-refractivity contribution in [2.75, 3.05) is 26.7 Å². The van der Waals surface area contributed by atoms with E-state index in [0.717, 1.165) is 26.2 Å². The van der Waals surface area contributed by atoms with Gasteiger partial charge in [0.1, 0.15) is 0 Å². The van der Waals surface area contributed by atoms with Crippen LogP contribution in [0.15, 0.2) is 30.5 Å². The zero-order valence-corrected chi connectivity index (χ0v) is 11.4. The first kappa shape index (κ1) is 13.1. The normalized spacial score (nSPS) is 11.5. The minimum Gasteiger partial charge on any atom is -0.361 e. The maximum atomic E-state index is 3.43. The molecule has 0 aliphatic heterocycles. The van der Waals surface area contributed by atoms with Crippen LogP contribution in [-0.4, -0.2) is 36.6 Å². The number of hydrogen-bond acceptors (Lipinski definition) is 2. The van der Waals surface area contributed by atoms with Crippen molar-refractivity contribution in [1.29, 1.82) is 0 Å². The summed E-state index contributed by atoms with van der Waals surface area (Å²) >= 11 is 0. The standard InChI is InChI=1S/C15H23N3/c1-3-7-16-9-10-18(2)12-13-4-5-14-6-8-17-15(14)11-13/h4-6,8,11,16-17H,3,7,9-10,12H2,1-2H3. The SMILES string of the molecule is CCCNCCN(C)Cc1ccc2cc[nH]c2c1. The molecule has 1 heterocycles.